The number of sulfone groups is 1. The number of halogens is 1. The largest absolute Gasteiger partial charge is 0.384 e. The lowest BCUT2D eigenvalue weighted by Gasteiger charge is -2.14. The van der Waals surface area contributed by atoms with Crippen LogP contribution in [0.5, 0.6) is 0 Å². The van der Waals surface area contributed by atoms with Crippen molar-refractivity contribution >= 4 is 27.1 Å². The average Bonchev–Trinajstić information content (AvgIpc) is 2.26. The maximum Gasteiger partial charge on any atom is 0.175 e. The smallest absolute Gasteiger partial charge is 0.175 e. The summed E-state index contributed by atoms with van der Waals surface area (Å²) in [6.45, 7) is 3.34. The number of anilines is 1. The molecule has 1 N–H and O–H groups in total. The van der Waals surface area contributed by atoms with Crippen LogP contribution in [0.25, 0.3) is 0 Å². The summed E-state index contributed by atoms with van der Waals surface area (Å²) >= 11 is 6.02. The molecule has 1 rings (SSSR count). The quantitative estimate of drug-likeness (QED) is 0.875. The minimum Gasteiger partial charge on any atom is -0.384 e. The summed E-state index contributed by atoms with van der Waals surface area (Å²) in [4.78, 5) is 0.258. The SMILES string of the molecule is COCC(C)CNc1cc(S(C)(=O)=O)ccc1Cl. The third kappa shape index (κ3) is 4.48. The maximum atomic E-state index is 11.4. The van der Waals surface area contributed by atoms with Crippen molar-refractivity contribution in [3.05, 3.63) is 23.2 Å². The van der Waals surface area contributed by atoms with Gasteiger partial charge >= 0.3 is 0 Å². The Morgan fingerprint density at radius 3 is 2.67 bits per heavy atom. The van der Waals surface area contributed by atoms with Gasteiger partial charge in [0.25, 0.3) is 0 Å². The van der Waals surface area contributed by atoms with Gasteiger partial charge in [-0.15, -0.1) is 0 Å². The number of hydrogen-bond acceptors (Lipinski definition) is 4. The number of benzene rings is 1. The molecule has 0 saturated heterocycles. The Morgan fingerprint density at radius 1 is 1.44 bits per heavy atom. The lowest BCUT2D eigenvalue weighted by molar-refractivity contribution is 0.164. The molecule has 0 aromatic heterocycles. The second-order valence-electron chi connectivity index (χ2n) is 4.36. The van der Waals surface area contributed by atoms with Gasteiger partial charge < -0.3 is 10.1 Å². The van der Waals surface area contributed by atoms with Crippen molar-refractivity contribution in [2.75, 3.05) is 31.8 Å². The van der Waals surface area contributed by atoms with Crippen molar-refractivity contribution in [1.29, 1.82) is 0 Å². The van der Waals surface area contributed by atoms with E-state index in [0.717, 1.165) is 0 Å². The van der Waals surface area contributed by atoms with Crippen molar-refractivity contribution in [3.8, 4) is 0 Å². The Labute approximate surface area is 113 Å². The molecule has 1 unspecified atom stereocenters. The van der Waals surface area contributed by atoms with Gasteiger partial charge in [0.15, 0.2) is 9.84 Å². The highest BCUT2D eigenvalue weighted by atomic mass is 35.5. The molecule has 1 aromatic rings. The van der Waals surface area contributed by atoms with Crippen LogP contribution in [0.1, 0.15) is 6.92 Å². The van der Waals surface area contributed by atoms with Crippen molar-refractivity contribution in [2.45, 2.75) is 11.8 Å². The normalized spacial score (nSPS) is 13.3. The predicted octanol–water partition coefficient (Wildman–Crippen LogP) is 2.44. The first-order chi connectivity index (χ1) is 8.34. The molecule has 6 heteroatoms. The molecule has 0 fully saturated rings. The first-order valence-electron chi connectivity index (χ1n) is 5.57. The van der Waals surface area contributed by atoms with E-state index in [-0.39, 0.29) is 4.90 Å². The fourth-order valence-corrected chi connectivity index (χ4v) is 2.33. The Balaban J connectivity index is 2.82. The fraction of sp³-hybridized carbons (Fsp3) is 0.500. The molecule has 0 saturated carbocycles. The zero-order valence-electron chi connectivity index (χ0n) is 10.7. The van der Waals surface area contributed by atoms with Gasteiger partial charge in [-0.2, -0.15) is 0 Å². The second-order valence-corrected chi connectivity index (χ2v) is 6.78. The van der Waals surface area contributed by atoms with Crippen molar-refractivity contribution in [3.63, 3.8) is 0 Å². The first kappa shape index (κ1) is 15.3. The van der Waals surface area contributed by atoms with Gasteiger partial charge in [0, 0.05) is 19.9 Å². The van der Waals surface area contributed by atoms with Gasteiger partial charge in [-0.3, -0.25) is 0 Å². The third-order valence-corrected chi connectivity index (χ3v) is 3.90. The summed E-state index contributed by atoms with van der Waals surface area (Å²) in [5.74, 6) is 0.313. The molecule has 0 amide bonds. The monoisotopic (exact) mass is 291 g/mol. The zero-order chi connectivity index (χ0) is 13.8. The van der Waals surface area contributed by atoms with Crippen LogP contribution in [0.2, 0.25) is 5.02 Å². The molecule has 0 aliphatic carbocycles. The molecular weight excluding hydrogens is 274 g/mol. The maximum absolute atomic E-state index is 11.4. The van der Waals surface area contributed by atoms with Crippen LogP contribution in [0, 0.1) is 5.92 Å². The van der Waals surface area contributed by atoms with Gasteiger partial charge in [-0.1, -0.05) is 18.5 Å². The zero-order valence-corrected chi connectivity index (χ0v) is 12.3. The highest BCUT2D eigenvalue weighted by Crippen LogP contribution is 2.25. The predicted molar refractivity (Wildman–Crippen MR) is 74.1 cm³/mol. The van der Waals surface area contributed by atoms with E-state index in [9.17, 15) is 8.42 Å². The van der Waals surface area contributed by atoms with Gasteiger partial charge in [-0.05, 0) is 24.1 Å². The van der Waals surface area contributed by atoms with Crippen LogP contribution in [0.3, 0.4) is 0 Å². The summed E-state index contributed by atoms with van der Waals surface area (Å²) in [5, 5.41) is 3.64. The van der Waals surface area contributed by atoms with Gasteiger partial charge in [-0.25, -0.2) is 8.42 Å². The molecule has 0 heterocycles. The summed E-state index contributed by atoms with van der Waals surface area (Å²) in [5.41, 5.74) is 0.627. The van der Waals surface area contributed by atoms with E-state index in [4.69, 9.17) is 16.3 Å². The van der Waals surface area contributed by atoms with E-state index in [2.05, 4.69) is 5.32 Å². The van der Waals surface area contributed by atoms with Crippen LogP contribution < -0.4 is 5.32 Å². The number of nitrogens with one attached hydrogen (secondary N) is 1. The lowest BCUT2D eigenvalue weighted by Crippen LogP contribution is -2.16. The van der Waals surface area contributed by atoms with E-state index >= 15 is 0 Å². The Bertz CT molecular complexity index is 502. The van der Waals surface area contributed by atoms with Crippen LogP contribution in [0.15, 0.2) is 23.1 Å². The minimum atomic E-state index is -3.21. The van der Waals surface area contributed by atoms with Gasteiger partial charge in [0.2, 0.25) is 0 Å². The molecule has 0 spiro atoms. The Morgan fingerprint density at radius 2 is 2.11 bits per heavy atom. The molecule has 0 bridgehead atoms. The number of hydrogen-bond donors (Lipinski definition) is 1. The fourth-order valence-electron chi connectivity index (χ4n) is 1.50. The Kier molecular flexibility index (Phi) is 5.44. The van der Waals surface area contributed by atoms with Crippen LogP contribution in [0.4, 0.5) is 5.69 Å². The molecule has 0 radical (unpaired) electrons. The van der Waals surface area contributed by atoms with E-state index < -0.39 is 9.84 Å². The number of rotatable bonds is 6. The molecule has 18 heavy (non-hydrogen) atoms. The lowest BCUT2D eigenvalue weighted by atomic mass is 10.2. The average molecular weight is 292 g/mol. The van der Waals surface area contributed by atoms with Gasteiger partial charge in [0.1, 0.15) is 0 Å². The molecule has 1 atom stereocenters. The van der Waals surface area contributed by atoms with Gasteiger partial charge in [0.05, 0.1) is 22.2 Å². The first-order valence-corrected chi connectivity index (χ1v) is 7.84. The molecular formula is C12H18ClNO3S. The summed E-state index contributed by atoms with van der Waals surface area (Å²) in [7, 11) is -1.57. The second kappa shape index (κ2) is 6.41. The van der Waals surface area contributed by atoms with Crippen molar-refractivity contribution < 1.29 is 13.2 Å². The molecule has 4 nitrogen and oxygen atoms in total. The summed E-state index contributed by atoms with van der Waals surface area (Å²) in [6, 6.07) is 4.64. The molecule has 102 valence electrons. The molecule has 0 aliphatic rings. The standard InChI is InChI=1S/C12H18ClNO3S/c1-9(8-17-2)7-14-12-6-10(18(3,15)16)4-5-11(12)13/h4-6,9,14H,7-8H2,1-3H3. The van der Waals surface area contributed by atoms with Crippen molar-refractivity contribution in [1.82, 2.24) is 0 Å². The molecule has 0 aliphatic heterocycles. The Hall–Kier alpha value is -0.780. The van der Waals surface area contributed by atoms with E-state index in [1.54, 1.807) is 19.2 Å². The third-order valence-electron chi connectivity index (χ3n) is 2.46. The van der Waals surface area contributed by atoms with Crippen LogP contribution in [-0.4, -0.2) is 34.9 Å². The van der Waals surface area contributed by atoms with E-state index in [0.29, 0.717) is 29.8 Å². The highest BCUT2D eigenvalue weighted by molar-refractivity contribution is 7.90. The van der Waals surface area contributed by atoms with E-state index in [1.807, 2.05) is 6.92 Å². The van der Waals surface area contributed by atoms with E-state index in [1.165, 1.54) is 12.3 Å². The summed E-state index contributed by atoms with van der Waals surface area (Å²) < 4.78 is 27.9. The summed E-state index contributed by atoms with van der Waals surface area (Å²) in [6.07, 6.45) is 1.17. The highest BCUT2D eigenvalue weighted by Gasteiger charge is 2.10. The molecule has 1 aromatic carbocycles. The van der Waals surface area contributed by atoms with Crippen LogP contribution in [-0.2, 0) is 14.6 Å². The number of ether oxygens (including phenoxy) is 1. The minimum absolute atomic E-state index is 0.258. The van der Waals surface area contributed by atoms with Crippen molar-refractivity contribution in [2.24, 2.45) is 5.92 Å². The number of methoxy groups -OCH3 is 1. The topological polar surface area (TPSA) is 55.4 Å². The van der Waals surface area contributed by atoms with Crippen LogP contribution >= 0.6 is 11.6 Å².